The Hall–Kier alpha value is -15.9. The molecular formula is C92H83N7O18. The maximum Gasteiger partial charge on any atom is 0.337 e. The molecule has 10 N–H and O–H groups in total. The number of esters is 3. The van der Waals surface area contributed by atoms with E-state index in [1.54, 1.807) is 72.8 Å². The molecule has 0 unspecified atom stereocenters. The van der Waals surface area contributed by atoms with Gasteiger partial charge in [-0.25, -0.2) is 28.8 Å². The molecule has 0 bridgehead atoms. The number of hydrogen-bond donors (Lipinski definition) is 10. The number of hydrazine groups is 1. The number of aromatic carboxylic acids is 3. The van der Waals surface area contributed by atoms with Crippen LogP contribution in [0.25, 0.3) is 0 Å². The van der Waals surface area contributed by atoms with Gasteiger partial charge in [-0.05, 0) is 186 Å². The molecule has 0 fully saturated rings. The van der Waals surface area contributed by atoms with Crippen molar-refractivity contribution in [3.63, 3.8) is 0 Å². The lowest BCUT2D eigenvalue weighted by atomic mass is 10.1. The number of carbonyl (C=O) groups is 12. The van der Waals surface area contributed by atoms with Crippen LogP contribution < -0.4 is 37.4 Å². The highest BCUT2D eigenvalue weighted by atomic mass is 16.5. The van der Waals surface area contributed by atoms with Gasteiger partial charge in [-0.15, -0.1) is 0 Å². The van der Waals surface area contributed by atoms with Crippen LogP contribution >= 0.6 is 0 Å². The van der Waals surface area contributed by atoms with Gasteiger partial charge in [0.15, 0.2) is 0 Å². The van der Waals surface area contributed by atoms with Crippen molar-refractivity contribution < 1.29 is 87.1 Å². The number of anilines is 1. The molecule has 0 aliphatic carbocycles. The minimum atomic E-state index is -1.02. The number of hydrogen-bond acceptors (Lipinski definition) is 16. The quantitative estimate of drug-likeness (QED) is 0.0153. The highest BCUT2D eigenvalue weighted by Crippen LogP contribution is 2.14. The minimum absolute atomic E-state index is 0.146. The molecule has 0 heterocycles. The van der Waals surface area contributed by atoms with Crippen LogP contribution in [0, 0.1) is 0 Å². The van der Waals surface area contributed by atoms with E-state index in [0.29, 0.717) is 82.8 Å². The number of carboxylic acids is 3. The van der Waals surface area contributed by atoms with Crippen molar-refractivity contribution in [3.05, 3.63) is 422 Å². The van der Waals surface area contributed by atoms with E-state index in [1.165, 1.54) is 94.1 Å². The molecule has 594 valence electrons. The standard InChI is InChI=1S/C21H19N3O2.2C16H15NO3.2C15H13NO3.C9H8O4/c25-20(22-15-16-7-3-1-4-8-16)17-11-13-18(14-12-17)21(26)24-23-19-9-5-2-6-10-19;2*1-20-16(19)14-9-7-13(8-10-14)15(18)17-11-12-5-3-2-4-6-12;2*17-14(16-10-11-4-2-1-3-5-11)12-6-8-13(9-7-12)15(18)19;1-13-9(12)7-4-2-6(3-5-7)8(10)11/h1-14,23H,15H2,(H,22,25)(H,24,26);2*2-10H,11H2,1H3,(H,17,18);2*1-9H,10H2,(H,16,17)(H,18,19);2-5H,1H3,(H,10,11). The van der Waals surface area contributed by atoms with Gasteiger partial charge in [-0.1, -0.05) is 170 Å². The zero-order valence-corrected chi connectivity index (χ0v) is 63.7. The largest absolute Gasteiger partial charge is 0.478 e. The first-order chi connectivity index (χ1) is 56.6. The Morgan fingerprint density at radius 1 is 0.214 bits per heavy atom. The second-order valence-electron chi connectivity index (χ2n) is 24.6. The first-order valence-electron chi connectivity index (χ1n) is 35.9. The van der Waals surface area contributed by atoms with Gasteiger partial charge in [0.1, 0.15) is 0 Å². The summed E-state index contributed by atoms with van der Waals surface area (Å²) in [5.41, 5.74) is 15.9. The van der Waals surface area contributed by atoms with Crippen molar-refractivity contribution in [1.29, 1.82) is 0 Å². The molecule has 0 spiro atoms. The Bertz CT molecular complexity index is 4920. The molecule has 0 radical (unpaired) electrons. The van der Waals surface area contributed by atoms with E-state index in [0.717, 1.165) is 33.5 Å². The summed E-state index contributed by atoms with van der Waals surface area (Å²) in [6, 6.07) is 94.0. The fraction of sp³-hybridized carbons (Fsp3) is 0.0870. The van der Waals surface area contributed by atoms with E-state index in [1.807, 2.05) is 182 Å². The van der Waals surface area contributed by atoms with E-state index in [9.17, 15) is 57.5 Å². The lowest BCUT2D eigenvalue weighted by Gasteiger charge is -2.09. The third-order valence-electron chi connectivity index (χ3n) is 16.5. The van der Waals surface area contributed by atoms with Gasteiger partial charge in [0.05, 0.1) is 60.4 Å². The molecule has 6 amide bonds. The molecule has 12 rings (SSSR count). The zero-order chi connectivity index (χ0) is 84.1. The normalized spacial score (nSPS) is 9.84. The van der Waals surface area contributed by atoms with Crippen LogP contribution in [-0.4, -0.2) is 108 Å². The van der Waals surface area contributed by atoms with Gasteiger partial charge >= 0.3 is 35.8 Å². The molecule has 25 nitrogen and oxygen atoms in total. The number of benzene rings is 12. The van der Waals surface area contributed by atoms with Crippen LogP contribution in [0.4, 0.5) is 5.69 Å². The summed E-state index contributed by atoms with van der Waals surface area (Å²) < 4.78 is 13.7. The summed E-state index contributed by atoms with van der Waals surface area (Å²) in [5, 5.41) is 40.1. The molecule has 0 aliphatic heterocycles. The maximum atomic E-state index is 12.2. The second-order valence-corrected chi connectivity index (χ2v) is 24.6. The van der Waals surface area contributed by atoms with Gasteiger partial charge in [-0.2, -0.15) is 0 Å². The van der Waals surface area contributed by atoms with Crippen molar-refractivity contribution in [2.45, 2.75) is 32.7 Å². The molecule has 0 atom stereocenters. The van der Waals surface area contributed by atoms with Crippen molar-refractivity contribution >= 4 is 76.9 Å². The van der Waals surface area contributed by atoms with Gasteiger partial charge in [0, 0.05) is 66.1 Å². The Morgan fingerprint density at radius 3 is 0.556 bits per heavy atom. The second kappa shape index (κ2) is 48.0. The van der Waals surface area contributed by atoms with Gasteiger partial charge in [-0.3, -0.25) is 39.6 Å². The van der Waals surface area contributed by atoms with E-state index >= 15 is 0 Å². The number of rotatable bonds is 24. The Labute approximate surface area is 674 Å². The smallest absolute Gasteiger partial charge is 0.337 e. The van der Waals surface area contributed by atoms with E-state index in [4.69, 9.17) is 15.3 Å². The summed E-state index contributed by atoms with van der Waals surface area (Å²) >= 11 is 0. The van der Waals surface area contributed by atoms with E-state index in [2.05, 4.69) is 51.6 Å². The van der Waals surface area contributed by atoms with Crippen molar-refractivity contribution in [3.8, 4) is 0 Å². The molecule has 12 aromatic carbocycles. The fourth-order valence-electron chi connectivity index (χ4n) is 10.0. The lowest BCUT2D eigenvalue weighted by Crippen LogP contribution is -2.29. The highest BCUT2D eigenvalue weighted by molar-refractivity contribution is 6.00. The summed E-state index contributed by atoms with van der Waals surface area (Å²) in [5.74, 6) is -5.58. The predicted molar refractivity (Wildman–Crippen MR) is 439 cm³/mol. The zero-order valence-electron chi connectivity index (χ0n) is 63.7. The molecule has 0 aromatic heterocycles. The predicted octanol–water partition coefficient (Wildman–Crippen LogP) is 14.0. The minimum Gasteiger partial charge on any atom is -0.478 e. The summed E-state index contributed by atoms with van der Waals surface area (Å²) in [6.45, 7) is 2.29. The Kier molecular flexibility index (Phi) is 36.2. The molecular weight excluding hydrogens is 1490 g/mol. The molecule has 25 heteroatoms. The van der Waals surface area contributed by atoms with Crippen LogP contribution in [0.3, 0.4) is 0 Å². The third kappa shape index (κ3) is 31.1. The van der Waals surface area contributed by atoms with Crippen molar-refractivity contribution in [2.24, 2.45) is 0 Å². The van der Waals surface area contributed by atoms with Gasteiger partial charge in [0.2, 0.25) is 0 Å². The topological polar surface area (TPSA) is 377 Å². The first kappa shape index (κ1) is 88.3. The molecule has 0 saturated heterocycles. The van der Waals surface area contributed by atoms with Crippen LogP contribution in [0.5, 0.6) is 0 Å². The lowest BCUT2D eigenvalue weighted by molar-refractivity contribution is 0.0591. The maximum absolute atomic E-state index is 12.2. The number of carbonyl (C=O) groups excluding carboxylic acids is 9. The molecule has 0 aliphatic rings. The van der Waals surface area contributed by atoms with Crippen LogP contribution in [0.2, 0.25) is 0 Å². The Balaban J connectivity index is 0.000000196. The number of methoxy groups -OCH3 is 3. The molecule has 12 aromatic rings. The average molecular weight is 1570 g/mol. The average Bonchev–Trinajstić information content (AvgIpc) is 0.881. The van der Waals surface area contributed by atoms with Crippen molar-refractivity contribution in [2.75, 3.05) is 26.8 Å². The summed E-state index contributed by atoms with van der Waals surface area (Å²) in [7, 11) is 3.92. The van der Waals surface area contributed by atoms with Crippen LogP contribution in [0.15, 0.2) is 328 Å². The SMILES string of the molecule is COC(=O)c1ccc(C(=O)NCc2ccccc2)cc1.COC(=O)c1ccc(C(=O)NCc2ccccc2)cc1.COC(=O)c1ccc(C(=O)O)cc1.O=C(NCc1ccccc1)c1ccc(C(=O)NNc2ccccc2)cc1.O=C(O)c1ccc(C(=O)NCc2ccccc2)cc1.O=C(O)c1ccc(C(=O)NCc2ccccc2)cc1. The van der Waals surface area contributed by atoms with Crippen LogP contribution in [0.1, 0.15) is 152 Å². The van der Waals surface area contributed by atoms with Crippen molar-refractivity contribution in [1.82, 2.24) is 32.0 Å². The summed E-state index contributed by atoms with van der Waals surface area (Å²) in [6.07, 6.45) is 0. The number of amides is 6. The monoisotopic (exact) mass is 1570 g/mol. The highest BCUT2D eigenvalue weighted by Gasteiger charge is 2.15. The molecule has 0 saturated carbocycles. The fourth-order valence-corrected chi connectivity index (χ4v) is 10.0. The van der Waals surface area contributed by atoms with Gasteiger partial charge in [0.25, 0.3) is 35.4 Å². The summed E-state index contributed by atoms with van der Waals surface area (Å²) in [4.78, 5) is 137. The van der Waals surface area contributed by atoms with E-state index in [-0.39, 0.29) is 52.1 Å². The number of carboxylic acid groups (broad SMARTS) is 3. The number of nitrogens with one attached hydrogen (secondary N) is 7. The van der Waals surface area contributed by atoms with E-state index < -0.39 is 35.8 Å². The molecule has 117 heavy (non-hydrogen) atoms. The first-order valence-corrected chi connectivity index (χ1v) is 35.9. The Morgan fingerprint density at radius 2 is 0.376 bits per heavy atom. The number of para-hydroxylation sites is 1. The number of ether oxygens (including phenoxy) is 3. The third-order valence-corrected chi connectivity index (χ3v) is 16.5. The van der Waals surface area contributed by atoms with Crippen LogP contribution in [-0.2, 0) is 46.9 Å². The van der Waals surface area contributed by atoms with Gasteiger partial charge < -0.3 is 56.1 Å².